The summed E-state index contributed by atoms with van der Waals surface area (Å²) in [4.78, 5) is 30.3. The van der Waals surface area contributed by atoms with E-state index in [1.165, 1.54) is 0 Å². The highest BCUT2D eigenvalue weighted by atomic mass is 32.1. The van der Waals surface area contributed by atoms with Gasteiger partial charge < -0.3 is 9.73 Å². The number of amides is 2. The van der Waals surface area contributed by atoms with Gasteiger partial charge in [-0.15, -0.1) is 22.7 Å². The molecule has 1 saturated heterocycles. The zero-order valence-corrected chi connectivity index (χ0v) is 19.1. The highest BCUT2D eigenvalue weighted by molar-refractivity contribution is 7.12. The number of nitrogens with one attached hydrogen (secondary N) is 1. The predicted octanol–water partition coefficient (Wildman–Crippen LogP) is 3.86. The third-order valence-corrected chi connectivity index (χ3v) is 7.76. The Bertz CT molecular complexity index is 1080. The maximum atomic E-state index is 13.4. The standard InChI is InChI=1S/C23H24N4O3S2/c28-22(15-26-9-1-6-18(26)23(29)24-14-16-5-2-10-30-16)27-19(21-8-4-12-32-21)13-17(25-27)20-7-3-11-31-20/h2-5,7-8,10-12,18-19H,1,6,9,13-15H2,(H,24,29). The molecule has 2 amide bonds. The highest BCUT2D eigenvalue weighted by Crippen LogP contribution is 2.36. The molecule has 3 aromatic rings. The minimum Gasteiger partial charge on any atom is -0.467 e. The molecular weight excluding hydrogens is 444 g/mol. The van der Waals surface area contributed by atoms with Crippen molar-refractivity contribution in [1.82, 2.24) is 15.2 Å². The van der Waals surface area contributed by atoms with E-state index in [0.29, 0.717) is 18.7 Å². The molecule has 0 aliphatic carbocycles. The van der Waals surface area contributed by atoms with Crippen LogP contribution in [0, 0.1) is 0 Å². The molecule has 5 rings (SSSR count). The number of carbonyl (C=O) groups excluding carboxylic acids is 2. The largest absolute Gasteiger partial charge is 0.467 e. The number of thiophene rings is 2. The minimum atomic E-state index is -0.308. The lowest BCUT2D eigenvalue weighted by Gasteiger charge is -2.26. The molecule has 0 radical (unpaired) electrons. The molecule has 9 heteroatoms. The summed E-state index contributed by atoms with van der Waals surface area (Å²) in [6.07, 6.45) is 3.94. The van der Waals surface area contributed by atoms with Gasteiger partial charge in [0.1, 0.15) is 5.76 Å². The van der Waals surface area contributed by atoms with E-state index in [1.807, 2.05) is 39.9 Å². The molecule has 0 saturated carbocycles. The zero-order chi connectivity index (χ0) is 21.9. The van der Waals surface area contributed by atoms with Crippen molar-refractivity contribution in [2.24, 2.45) is 5.10 Å². The maximum absolute atomic E-state index is 13.4. The van der Waals surface area contributed by atoms with Crippen LogP contribution in [0.3, 0.4) is 0 Å². The molecule has 0 aromatic carbocycles. The smallest absolute Gasteiger partial charge is 0.257 e. The van der Waals surface area contributed by atoms with Crippen LogP contribution in [0.5, 0.6) is 0 Å². The van der Waals surface area contributed by atoms with Crippen molar-refractivity contribution in [2.45, 2.75) is 37.9 Å². The normalized spacial score (nSPS) is 21.1. The van der Waals surface area contributed by atoms with E-state index in [9.17, 15) is 9.59 Å². The second kappa shape index (κ2) is 9.40. The zero-order valence-electron chi connectivity index (χ0n) is 17.5. The molecule has 1 N–H and O–H groups in total. The van der Waals surface area contributed by atoms with Crippen molar-refractivity contribution < 1.29 is 14.0 Å². The second-order valence-corrected chi connectivity index (χ2v) is 9.85. The van der Waals surface area contributed by atoms with Crippen LogP contribution in [0.1, 0.15) is 40.8 Å². The first-order valence-corrected chi connectivity index (χ1v) is 12.5. The molecule has 2 aliphatic heterocycles. The SMILES string of the molecule is O=C(NCc1ccco1)C1CCCN1CC(=O)N1N=C(c2cccs2)CC1c1cccs1. The van der Waals surface area contributed by atoms with E-state index in [0.717, 1.165) is 34.9 Å². The van der Waals surface area contributed by atoms with Gasteiger partial charge in [0.05, 0.1) is 42.0 Å². The van der Waals surface area contributed by atoms with Crippen molar-refractivity contribution >= 4 is 40.2 Å². The molecule has 3 aromatic heterocycles. The van der Waals surface area contributed by atoms with Crippen LogP contribution in [-0.4, -0.2) is 46.6 Å². The van der Waals surface area contributed by atoms with Crippen LogP contribution in [0.25, 0.3) is 0 Å². The van der Waals surface area contributed by atoms with Crippen molar-refractivity contribution in [3.05, 3.63) is 68.9 Å². The van der Waals surface area contributed by atoms with Gasteiger partial charge in [0.2, 0.25) is 5.91 Å². The van der Waals surface area contributed by atoms with Crippen molar-refractivity contribution in [3.8, 4) is 0 Å². The number of nitrogens with zero attached hydrogens (tertiary/aromatic N) is 3. The Morgan fingerprint density at radius 1 is 1.16 bits per heavy atom. The van der Waals surface area contributed by atoms with Crippen LogP contribution in [0.4, 0.5) is 0 Å². The van der Waals surface area contributed by atoms with Gasteiger partial charge in [-0.25, -0.2) is 5.01 Å². The van der Waals surface area contributed by atoms with Crippen molar-refractivity contribution in [3.63, 3.8) is 0 Å². The number of furan rings is 1. The molecule has 7 nitrogen and oxygen atoms in total. The van der Waals surface area contributed by atoms with Gasteiger partial charge in [-0.1, -0.05) is 12.1 Å². The average Bonchev–Trinajstić information content (AvgIpc) is 3.62. The Morgan fingerprint density at radius 2 is 2.03 bits per heavy atom. The van der Waals surface area contributed by atoms with Gasteiger partial charge in [0.15, 0.2) is 0 Å². The van der Waals surface area contributed by atoms with Crippen LogP contribution in [-0.2, 0) is 16.1 Å². The monoisotopic (exact) mass is 468 g/mol. The number of likely N-dealkylation sites (tertiary alicyclic amines) is 1. The van der Waals surface area contributed by atoms with Crippen molar-refractivity contribution in [1.29, 1.82) is 0 Å². The first-order chi connectivity index (χ1) is 15.7. The summed E-state index contributed by atoms with van der Waals surface area (Å²) in [6.45, 7) is 1.26. The third-order valence-electron chi connectivity index (χ3n) is 5.86. The van der Waals surface area contributed by atoms with Gasteiger partial charge in [-0.3, -0.25) is 14.5 Å². The summed E-state index contributed by atoms with van der Waals surface area (Å²) in [5.74, 6) is 0.580. The van der Waals surface area contributed by atoms with Crippen LogP contribution < -0.4 is 5.32 Å². The predicted molar refractivity (Wildman–Crippen MR) is 125 cm³/mol. The molecule has 0 bridgehead atoms. The fourth-order valence-electron chi connectivity index (χ4n) is 4.30. The lowest BCUT2D eigenvalue weighted by atomic mass is 10.1. The van der Waals surface area contributed by atoms with Crippen molar-refractivity contribution in [2.75, 3.05) is 13.1 Å². The van der Waals surface area contributed by atoms with Gasteiger partial charge in [-0.2, -0.15) is 5.10 Å². The molecule has 2 atom stereocenters. The topological polar surface area (TPSA) is 78.2 Å². The summed E-state index contributed by atoms with van der Waals surface area (Å²) >= 11 is 3.28. The van der Waals surface area contributed by atoms with E-state index in [4.69, 9.17) is 9.52 Å². The molecular formula is C23H24N4O3S2. The minimum absolute atomic E-state index is 0.0642. The summed E-state index contributed by atoms with van der Waals surface area (Å²) in [7, 11) is 0. The lowest BCUT2D eigenvalue weighted by Crippen LogP contribution is -2.47. The van der Waals surface area contributed by atoms with Crippen LogP contribution in [0.2, 0.25) is 0 Å². The molecule has 1 fully saturated rings. The molecule has 166 valence electrons. The van der Waals surface area contributed by atoms with Gasteiger partial charge in [0.25, 0.3) is 5.91 Å². The highest BCUT2D eigenvalue weighted by Gasteiger charge is 2.37. The quantitative estimate of drug-likeness (QED) is 0.571. The number of hydrogen-bond donors (Lipinski definition) is 1. The van der Waals surface area contributed by atoms with Crippen LogP contribution in [0.15, 0.2) is 62.9 Å². The van der Waals surface area contributed by atoms with E-state index < -0.39 is 0 Å². The Balaban J connectivity index is 1.28. The van der Waals surface area contributed by atoms with E-state index >= 15 is 0 Å². The van der Waals surface area contributed by atoms with Gasteiger partial charge >= 0.3 is 0 Å². The van der Waals surface area contributed by atoms with E-state index in [-0.39, 0.29) is 30.4 Å². The molecule has 0 spiro atoms. The van der Waals surface area contributed by atoms with E-state index in [2.05, 4.69) is 11.4 Å². The average molecular weight is 469 g/mol. The summed E-state index contributed by atoms with van der Waals surface area (Å²) in [6, 6.07) is 11.3. The number of hydrazone groups is 1. The Hall–Kier alpha value is -2.75. The number of rotatable bonds is 7. The first-order valence-electron chi connectivity index (χ1n) is 10.7. The van der Waals surface area contributed by atoms with Gasteiger partial charge in [0, 0.05) is 11.3 Å². The Morgan fingerprint density at radius 3 is 2.78 bits per heavy atom. The molecule has 2 unspecified atom stereocenters. The maximum Gasteiger partial charge on any atom is 0.257 e. The Labute approximate surface area is 194 Å². The van der Waals surface area contributed by atoms with Gasteiger partial charge in [-0.05, 0) is 54.4 Å². The second-order valence-electron chi connectivity index (χ2n) is 7.92. The van der Waals surface area contributed by atoms with E-state index in [1.54, 1.807) is 40.0 Å². The third kappa shape index (κ3) is 4.41. The summed E-state index contributed by atoms with van der Waals surface area (Å²) in [5.41, 5.74) is 0.945. The fraction of sp³-hybridized carbons (Fsp3) is 0.348. The summed E-state index contributed by atoms with van der Waals surface area (Å²) < 4.78 is 5.29. The summed E-state index contributed by atoms with van der Waals surface area (Å²) in [5, 5.41) is 13.4. The molecule has 32 heavy (non-hydrogen) atoms. The molecule has 2 aliphatic rings. The first kappa shape index (κ1) is 21.1. The number of hydrogen-bond acceptors (Lipinski definition) is 7. The molecule has 5 heterocycles. The lowest BCUT2D eigenvalue weighted by molar-refractivity contribution is -0.135. The number of carbonyl (C=O) groups is 2. The van der Waals surface area contributed by atoms with Crippen LogP contribution >= 0.6 is 22.7 Å². The Kier molecular flexibility index (Phi) is 6.20. The fourth-order valence-corrected chi connectivity index (χ4v) is 5.83.